The maximum Gasteiger partial charge on any atom is 0.173 e. The predicted octanol–water partition coefficient (Wildman–Crippen LogP) is 1.02. The molecule has 14 heavy (non-hydrogen) atoms. The second kappa shape index (κ2) is 4.84. The van der Waals surface area contributed by atoms with Crippen molar-refractivity contribution in [3.05, 3.63) is 29.8 Å². The lowest BCUT2D eigenvalue weighted by atomic mass is 10.2. The summed E-state index contributed by atoms with van der Waals surface area (Å²) in [4.78, 5) is 0.478. The standard InChI is InChI=1S/C9H12O3S2/c1-8-2-4-9(5-3-8)14(11,13)12-7-6-10/h2-5,10H,6-7H2,1H3. The highest BCUT2D eigenvalue weighted by Crippen LogP contribution is 2.13. The lowest BCUT2D eigenvalue weighted by Gasteiger charge is -2.06. The van der Waals surface area contributed by atoms with Gasteiger partial charge in [0.1, 0.15) is 0 Å². The van der Waals surface area contributed by atoms with Gasteiger partial charge in [-0.15, -0.1) is 0 Å². The highest BCUT2D eigenvalue weighted by Gasteiger charge is 2.09. The van der Waals surface area contributed by atoms with Gasteiger partial charge in [-0.05, 0) is 19.1 Å². The van der Waals surface area contributed by atoms with E-state index in [1.165, 1.54) is 0 Å². The summed E-state index contributed by atoms with van der Waals surface area (Å²) in [6, 6.07) is 7.01. The van der Waals surface area contributed by atoms with Crippen molar-refractivity contribution in [1.29, 1.82) is 0 Å². The average Bonchev–Trinajstić information content (AvgIpc) is 2.16. The fraction of sp³-hybridized carbons (Fsp3) is 0.333. The van der Waals surface area contributed by atoms with Gasteiger partial charge in [0.2, 0.25) is 0 Å². The molecule has 0 spiro atoms. The highest BCUT2D eigenvalue weighted by atomic mass is 32.8. The van der Waals surface area contributed by atoms with E-state index in [0.29, 0.717) is 4.90 Å². The van der Waals surface area contributed by atoms with Crippen molar-refractivity contribution in [1.82, 2.24) is 0 Å². The van der Waals surface area contributed by atoms with Crippen LogP contribution in [0.2, 0.25) is 0 Å². The average molecular weight is 232 g/mol. The van der Waals surface area contributed by atoms with E-state index in [0.717, 1.165) is 5.56 Å². The van der Waals surface area contributed by atoms with Crippen LogP contribution in [-0.4, -0.2) is 22.5 Å². The zero-order valence-electron chi connectivity index (χ0n) is 7.80. The van der Waals surface area contributed by atoms with Gasteiger partial charge in [0.15, 0.2) is 8.77 Å². The minimum atomic E-state index is -2.87. The number of hydrogen-bond donors (Lipinski definition) is 1. The zero-order chi connectivity index (χ0) is 10.6. The third-order valence-electron chi connectivity index (χ3n) is 1.64. The van der Waals surface area contributed by atoms with Crippen LogP contribution in [0, 0.1) is 6.92 Å². The van der Waals surface area contributed by atoms with E-state index in [2.05, 4.69) is 0 Å². The van der Waals surface area contributed by atoms with Crippen LogP contribution in [0.15, 0.2) is 29.2 Å². The zero-order valence-corrected chi connectivity index (χ0v) is 9.44. The largest absolute Gasteiger partial charge is 0.394 e. The third-order valence-corrected chi connectivity index (χ3v) is 3.83. The number of aliphatic hydroxyl groups is 1. The molecule has 0 amide bonds. The Balaban J connectivity index is 2.87. The van der Waals surface area contributed by atoms with Crippen LogP contribution in [0.4, 0.5) is 0 Å². The van der Waals surface area contributed by atoms with Crippen LogP contribution in [0.25, 0.3) is 0 Å². The molecule has 0 aliphatic heterocycles. The Kier molecular flexibility index (Phi) is 4.00. The van der Waals surface area contributed by atoms with Crippen molar-refractivity contribution in [2.75, 3.05) is 13.2 Å². The van der Waals surface area contributed by atoms with E-state index < -0.39 is 8.77 Å². The van der Waals surface area contributed by atoms with E-state index >= 15 is 0 Å². The van der Waals surface area contributed by atoms with Gasteiger partial charge in [-0.2, -0.15) is 0 Å². The van der Waals surface area contributed by atoms with Crippen molar-refractivity contribution in [2.45, 2.75) is 11.8 Å². The molecular formula is C9H12O3S2. The molecule has 0 bridgehead atoms. The number of aliphatic hydroxyl groups excluding tert-OH is 1. The lowest BCUT2D eigenvalue weighted by molar-refractivity contribution is 0.213. The Morgan fingerprint density at radius 1 is 1.43 bits per heavy atom. The summed E-state index contributed by atoms with van der Waals surface area (Å²) in [5, 5.41) is 8.52. The van der Waals surface area contributed by atoms with Crippen molar-refractivity contribution < 1.29 is 13.5 Å². The highest BCUT2D eigenvalue weighted by molar-refractivity contribution is 8.30. The van der Waals surface area contributed by atoms with Gasteiger partial charge in [0, 0.05) is 11.2 Å². The third kappa shape index (κ3) is 3.02. The van der Waals surface area contributed by atoms with Crippen LogP contribution in [0.1, 0.15) is 5.56 Å². The molecular weight excluding hydrogens is 220 g/mol. The summed E-state index contributed by atoms with van der Waals surface area (Å²) >= 11 is 4.81. The first-order valence-corrected chi connectivity index (χ1v) is 6.54. The quantitative estimate of drug-likeness (QED) is 0.842. The summed E-state index contributed by atoms with van der Waals surface area (Å²) in [7, 11) is -2.87. The number of aryl methyl sites for hydroxylation is 1. The first-order valence-electron chi connectivity index (χ1n) is 4.13. The molecule has 0 aliphatic carbocycles. The second-order valence-corrected chi connectivity index (χ2v) is 5.74. The Bertz CT molecular complexity index is 381. The molecule has 1 atom stereocenters. The smallest absolute Gasteiger partial charge is 0.173 e. The Morgan fingerprint density at radius 3 is 2.50 bits per heavy atom. The van der Waals surface area contributed by atoms with Crippen molar-refractivity contribution in [3.8, 4) is 0 Å². The van der Waals surface area contributed by atoms with Gasteiger partial charge in [0.25, 0.3) is 0 Å². The maximum absolute atomic E-state index is 11.7. The van der Waals surface area contributed by atoms with Crippen LogP contribution < -0.4 is 0 Å². The summed E-state index contributed by atoms with van der Waals surface area (Å²) in [6.45, 7) is 1.75. The molecule has 78 valence electrons. The molecule has 1 unspecified atom stereocenters. The fourth-order valence-corrected chi connectivity index (χ4v) is 2.36. The van der Waals surface area contributed by atoms with Gasteiger partial charge < -0.3 is 5.11 Å². The molecule has 0 aliphatic rings. The fourth-order valence-electron chi connectivity index (χ4n) is 0.920. The molecule has 0 saturated carbocycles. The number of benzene rings is 1. The topological polar surface area (TPSA) is 46.5 Å². The lowest BCUT2D eigenvalue weighted by Crippen LogP contribution is -2.08. The van der Waals surface area contributed by atoms with Gasteiger partial charge in [-0.1, -0.05) is 17.7 Å². The van der Waals surface area contributed by atoms with Crippen molar-refractivity contribution in [2.24, 2.45) is 0 Å². The monoisotopic (exact) mass is 232 g/mol. The van der Waals surface area contributed by atoms with E-state index in [9.17, 15) is 4.21 Å². The molecule has 0 aromatic heterocycles. The van der Waals surface area contributed by atoms with Crippen molar-refractivity contribution >= 4 is 20.0 Å². The summed E-state index contributed by atoms with van der Waals surface area (Å²) < 4.78 is 16.6. The minimum absolute atomic E-state index is 0.00376. The Labute approximate surface area is 88.6 Å². The molecule has 1 N–H and O–H groups in total. The van der Waals surface area contributed by atoms with Crippen molar-refractivity contribution in [3.63, 3.8) is 0 Å². The van der Waals surface area contributed by atoms with E-state index in [1.54, 1.807) is 12.1 Å². The normalized spacial score (nSPS) is 15.0. The second-order valence-electron chi connectivity index (χ2n) is 2.81. The Morgan fingerprint density at radius 2 is 2.00 bits per heavy atom. The summed E-state index contributed by atoms with van der Waals surface area (Å²) in [6.07, 6.45) is 0. The molecule has 0 radical (unpaired) electrons. The molecule has 0 heterocycles. The molecule has 5 heteroatoms. The first kappa shape index (κ1) is 11.6. The molecule has 1 aromatic carbocycles. The predicted molar refractivity (Wildman–Crippen MR) is 58.0 cm³/mol. The number of hydrogen-bond acceptors (Lipinski definition) is 4. The van der Waals surface area contributed by atoms with Gasteiger partial charge in [0.05, 0.1) is 18.1 Å². The van der Waals surface area contributed by atoms with Gasteiger partial charge in [-0.3, -0.25) is 4.18 Å². The first-order chi connectivity index (χ1) is 6.56. The van der Waals surface area contributed by atoms with E-state index in [1.807, 2.05) is 19.1 Å². The van der Waals surface area contributed by atoms with E-state index in [4.69, 9.17) is 20.5 Å². The molecule has 3 nitrogen and oxygen atoms in total. The maximum atomic E-state index is 11.7. The van der Waals surface area contributed by atoms with Crippen LogP contribution >= 0.6 is 0 Å². The molecule has 1 rings (SSSR count). The SMILES string of the molecule is Cc1ccc(S(=O)(=S)OCCO)cc1. The molecule has 0 fully saturated rings. The van der Waals surface area contributed by atoms with Crippen LogP contribution in [0.3, 0.4) is 0 Å². The molecule has 1 aromatic rings. The molecule has 0 saturated heterocycles. The van der Waals surface area contributed by atoms with Crippen LogP contribution in [-0.2, 0) is 24.1 Å². The summed E-state index contributed by atoms with van der Waals surface area (Å²) in [5.74, 6) is 0. The Hall–Kier alpha value is -0.490. The van der Waals surface area contributed by atoms with Crippen LogP contribution in [0.5, 0.6) is 0 Å². The van der Waals surface area contributed by atoms with Gasteiger partial charge >= 0.3 is 0 Å². The minimum Gasteiger partial charge on any atom is -0.394 e. The van der Waals surface area contributed by atoms with E-state index in [-0.39, 0.29) is 13.2 Å². The number of rotatable bonds is 4. The van der Waals surface area contributed by atoms with Gasteiger partial charge in [-0.25, -0.2) is 4.21 Å². The summed E-state index contributed by atoms with van der Waals surface area (Å²) in [5.41, 5.74) is 1.07.